The van der Waals surface area contributed by atoms with Crippen molar-refractivity contribution in [1.82, 2.24) is 0 Å². The molecule has 2 aliphatic rings. The molecule has 3 rings (SSSR count). The van der Waals surface area contributed by atoms with Gasteiger partial charge in [-0.15, -0.1) is 0 Å². The summed E-state index contributed by atoms with van der Waals surface area (Å²) in [5.74, 6) is 0.835. The van der Waals surface area contributed by atoms with Crippen LogP contribution in [-0.4, -0.2) is 11.2 Å². The predicted octanol–water partition coefficient (Wildman–Crippen LogP) is 0.810. The molecule has 0 saturated carbocycles. The molecular formula is C14H12O2. The van der Waals surface area contributed by atoms with Crippen LogP contribution in [0.4, 0.5) is 0 Å². The van der Waals surface area contributed by atoms with E-state index in [1.807, 2.05) is 24.3 Å². The number of aliphatic hydroxyl groups is 1. The van der Waals surface area contributed by atoms with Gasteiger partial charge in [-0.2, -0.15) is 0 Å². The van der Waals surface area contributed by atoms with Gasteiger partial charge in [0.2, 0.25) is 0 Å². The van der Waals surface area contributed by atoms with Crippen LogP contribution in [-0.2, 0) is 4.74 Å². The third kappa shape index (κ3) is 1.57. The lowest BCUT2D eigenvalue weighted by Gasteiger charge is -2.14. The molecule has 0 amide bonds. The summed E-state index contributed by atoms with van der Waals surface area (Å²) in [5.41, 5.74) is 1.05. The van der Waals surface area contributed by atoms with Gasteiger partial charge in [-0.3, -0.25) is 0 Å². The van der Waals surface area contributed by atoms with Crippen molar-refractivity contribution >= 4 is 12.3 Å². The molecule has 1 heterocycles. The van der Waals surface area contributed by atoms with Gasteiger partial charge in [0.25, 0.3) is 0 Å². The number of hydrogen-bond acceptors (Lipinski definition) is 2. The van der Waals surface area contributed by atoms with E-state index in [9.17, 15) is 5.11 Å². The van der Waals surface area contributed by atoms with E-state index in [0.29, 0.717) is 6.42 Å². The number of hydrogen-bond donors (Lipinski definition) is 1. The van der Waals surface area contributed by atoms with Gasteiger partial charge in [0.05, 0.1) is 12.4 Å². The zero-order chi connectivity index (χ0) is 11.0. The average Bonchev–Trinajstić information content (AvgIpc) is 2.47. The van der Waals surface area contributed by atoms with Gasteiger partial charge in [0.15, 0.2) is 0 Å². The minimum Gasteiger partial charge on any atom is -0.464 e. The summed E-state index contributed by atoms with van der Waals surface area (Å²) in [7, 11) is 0. The second-order valence-corrected chi connectivity index (χ2v) is 4.03. The molecule has 80 valence electrons. The van der Waals surface area contributed by atoms with Gasteiger partial charge in [0.1, 0.15) is 5.76 Å². The van der Waals surface area contributed by atoms with Crippen molar-refractivity contribution in [2.75, 3.05) is 0 Å². The Morgan fingerprint density at radius 2 is 2.00 bits per heavy atom. The molecule has 2 heteroatoms. The van der Waals surface area contributed by atoms with E-state index >= 15 is 0 Å². The molecule has 1 aliphatic carbocycles. The Morgan fingerprint density at radius 1 is 1.19 bits per heavy atom. The molecule has 0 fully saturated rings. The lowest BCUT2D eigenvalue weighted by molar-refractivity contribution is 0.219. The Labute approximate surface area is 93.5 Å². The maximum Gasteiger partial charge on any atom is 0.129 e. The monoisotopic (exact) mass is 212 g/mol. The number of benzene rings is 1. The fourth-order valence-corrected chi connectivity index (χ4v) is 2.01. The molecule has 1 N–H and O–H groups in total. The summed E-state index contributed by atoms with van der Waals surface area (Å²) in [5, 5.41) is 11.8. The highest BCUT2D eigenvalue weighted by molar-refractivity contribution is 5.55. The molecule has 1 aromatic rings. The summed E-state index contributed by atoms with van der Waals surface area (Å²) in [6.45, 7) is 0. The van der Waals surface area contributed by atoms with E-state index in [2.05, 4.69) is 12.1 Å². The zero-order valence-corrected chi connectivity index (χ0v) is 8.76. The first-order chi connectivity index (χ1) is 7.83. The van der Waals surface area contributed by atoms with Crippen molar-refractivity contribution in [3.63, 3.8) is 0 Å². The SMILES string of the molecule is OC1C=CC2=C(C=c3ccccc3=CO2)C1. The molecule has 0 radical (unpaired) electrons. The maximum atomic E-state index is 9.58. The Hall–Kier alpha value is -1.80. The highest BCUT2D eigenvalue weighted by Crippen LogP contribution is 2.22. The number of aliphatic hydroxyl groups excluding tert-OH is 1. The molecule has 0 bridgehead atoms. The van der Waals surface area contributed by atoms with Crippen LogP contribution in [0.2, 0.25) is 0 Å². The van der Waals surface area contributed by atoms with Crippen molar-refractivity contribution in [3.8, 4) is 0 Å². The molecule has 1 atom stereocenters. The highest BCUT2D eigenvalue weighted by atomic mass is 16.5. The van der Waals surface area contributed by atoms with Crippen molar-refractivity contribution in [2.24, 2.45) is 0 Å². The molecule has 0 aromatic heterocycles. The fraction of sp³-hybridized carbons (Fsp3) is 0.143. The third-order valence-corrected chi connectivity index (χ3v) is 2.85. The number of fused-ring (bicyclic) bond motifs is 1. The highest BCUT2D eigenvalue weighted by Gasteiger charge is 2.14. The van der Waals surface area contributed by atoms with Crippen molar-refractivity contribution in [1.29, 1.82) is 0 Å². The van der Waals surface area contributed by atoms with E-state index in [1.54, 1.807) is 12.3 Å². The molecule has 1 unspecified atom stereocenters. The Balaban J connectivity index is 2.19. The largest absolute Gasteiger partial charge is 0.464 e. The summed E-state index contributed by atoms with van der Waals surface area (Å²) in [6.07, 6.45) is 7.66. The van der Waals surface area contributed by atoms with Crippen LogP contribution in [0.1, 0.15) is 6.42 Å². The first-order valence-electron chi connectivity index (χ1n) is 5.36. The van der Waals surface area contributed by atoms with Crippen LogP contribution in [0.25, 0.3) is 12.3 Å². The van der Waals surface area contributed by atoms with E-state index in [4.69, 9.17) is 4.74 Å². The van der Waals surface area contributed by atoms with Crippen molar-refractivity contribution in [3.05, 3.63) is 58.2 Å². The summed E-state index contributed by atoms with van der Waals surface area (Å²) in [6, 6.07) is 8.06. The summed E-state index contributed by atoms with van der Waals surface area (Å²) >= 11 is 0. The Bertz CT molecular complexity index is 593. The summed E-state index contributed by atoms with van der Waals surface area (Å²) < 4.78 is 5.61. The lowest BCUT2D eigenvalue weighted by atomic mass is 10.00. The van der Waals surface area contributed by atoms with Gasteiger partial charge in [0, 0.05) is 11.6 Å². The second-order valence-electron chi connectivity index (χ2n) is 4.03. The maximum absolute atomic E-state index is 9.58. The summed E-state index contributed by atoms with van der Waals surface area (Å²) in [4.78, 5) is 0. The van der Waals surface area contributed by atoms with E-state index in [-0.39, 0.29) is 0 Å². The number of ether oxygens (including phenoxy) is 1. The molecule has 1 aliphatic heterocycles. The third-order valence-electron chi connectivity index (χ3n) is 2.85. The van der Waals surface area contributed by atoms with Crippen LogP contribution in [0, 0.1) is 0 Å². The Morgan fingerprint density at radius 3 is 2.88 bits per heavy atom. The molecular weight excluding hydrogens is 200 g/mol. The van der Waals surface area contributed by atoms with E-state index in [1.165, 1.54) is 0 Å². The van der Waals surface area contributed by atoms with Gasteiger partial charge >= 0.3 is 0 Å². The second kappa shape index (κ2) is 3.65. The van der Waals surface area contributed by atoms with Crippen LogP contribution in [0.5, 0.6) is 0 Å². The van der Waals surface area contributed by atoms with E-state index in [0.717, 1.165) is 21.8 Å². The van der Waals surface area contributed by atoms with Crippen LogP contribution in [0.15, 0.2) is 47.7 Å². The van der Waals surface area contributed by atoms with Gasteiger partial charge in [-0.25, -0.2) is 0 Å². The Kier molecular flexibility index (Phi) is 2.15. The molecule has 0 spiro atoms. The standard InChI is InChI=1S/C14H12O2/c15-13-5-6-14-12(8-13)7-10-3-1-2-4-11(10)9-16-14/h1-7,9,13,15H,8H2. The van der Waals surface area contributed by atoms with Gasteiger partial charge in [-0.1, -0.05) is 30.3 Å². The number of allylic oxidation sites excluding steroid dienone is 1. The fourth-order valence-electron chi connectivity index (χ4n) is 2.01. The molecule has 1 aromatic carbocycles. The smallest absolute Gasteiger partial charge is 0.129 e. The first kappa shape index (κ1) is 9.43. The minimum absolute atomic E-state index is 0.399. The predicted molar refractivity (Wildman–Crippen MR) is 62.5 cm³/mol. The van der Waals surface area contributed by atoms with E-state index < -0.39 is 6.10 Å². The van der Waals surface area contributed by atoms with Crippen LogP contribution >= 0.6 is 0 Å². The quantitative estimate of drug-likeness (QED) is 0.689. The lowest BCUT2D eigenvalue weighted by Crippen LogP contribution is -2.23. The van der Waals surface area contributed by atoms with Crippen molar-refractivity contribution in [2.45, 2.75) is 12.5 Å². The first-order valence-corrected chi connectivity index (χ1v) is 5.36. The van der Waals surface area contributed by atoms with Gasteiger partial charge in [-0.05, 0) is 22.9 Å². The zero-order valence-electron chi connectivity index (χ0n) is 8.76. The van der Waals surface area contributed by atoms with Crippen LogP contribution < -0.4 is 10.4 Å². The van der Waals surface area contributed by atoms with Gasteiger partial charge < -0.3 is 9.84 Å². The van der Waals surface area contributed by atoms with Crippen molar-refractivity contribution < 1.29 is 9.84 Å². The minimum atomic E-state index is -0.399. The molecule has 16 heavy (non-hydrogen) atoms. The molecule has 0 saturated heterocycles. The topological polar surface area (TPSA) is 29.5 Å². The average molecular weight is 212 g/mol. The number of rotatable bonds is 0. The normalized spacial score (nSPS) is 22.2. The molecule has 2 nitrogen and oxygen atoms in total. The van der Waals surface area contributed by atoms with Crippen LogP contribution in [0.3, 0.4) is 0 Å².